The molecule has 3 heteroatoms. The van der Waals surface area contributed by atoms with Gasteiger partial charge in [0.05, 0.1) is 0 Å². The van der Waals surface area contributed by atoms with Crippen LogP contribution in [0.2, 0.25) is 0 Å². The van der Waals surface area contributed by atoms with E-state index in [1.807, 2.05) is 0 Å². The first-order chi connectivity index (χ1) is 9.08. The van der Waals surface area contributed by atoms with Gasteiger partial charge < -0.3 is 11.1 Å². The second kappa shape index (κ2) is 6.74. The molecule has 4 unspecified atom stereocenters. The molecule has 0 spiro atoms. The van der Waals surface area contributed by atoms with E-state index in [4.69, 9.17) is 5.73 Å². The van der Waals surface area contributed by atoms with E-state index >= 15 is 0 Å². The fourth-order valence-corrected chi connectivity index (χ4v) is 3.80. The largest absolute Gasteiger partial charge is 0.353 e. The second-order valence-corrected chi connectivity index (χ2v) is 6.82. The predicted octanol–water partition coefficient (Wildman–Crippen LogP) is 2.83. The highest BCUT2D eigenvalue weighted by Gasteiger charge is 2.30. The van der Waals surface area contributed by atoms with E-state index in [2.05, 4.69) is 19.2 Å². The topological polar surface area (TPSA) is 55.1 Å². The van der Waals surface area contributed by atoms with Crippen LogP contribution in [0.25, 0.3) is 0 Å². The van der Waals surface area contributed by atoms with E-state index in [-0.39, 0.29) is 17.9 Å². The third kappa shape index (κ3) is 3.95. The molecule has 0 aromatic heterocycles. The van der Waals surface area contributed by atoms with Gasteiger partial charge in [0.2, 0.25) is 5.91 Å². The Bertz CT molecular complexity index is 299. The van der Waals surface area contributed by atoms with Crippen molar-refractivity contribution in [3.05, 3.63) is 0 Å². The monoisotopic (exact) mass is 266 g/mol. The Labute approximate surface area is 117 Å². The van der Waals surface area contributed by atoms with E-state index < -0.39 is 0 Å². The maximum Gasteiger partial charge on any atom is 0.223 e. The first-order valence-corrected chi connectivity index (χ1v) is 8.14. The molecule has 2 saturated carbocycles. The molecule has 2 aliphatic carbocycles. The Morgan fingerprint density at radius 3 is 2.37 bits per heavy atom. The van der Waals surface area contributed by atoms with Crippen molar-refractivity contribution in [2.75, 3.05) is 0 Å². The van der Waals surface area contributed by atoms with E-state index in [1.165, 1.54) is 32.1 Å². The van der Waals surface area contributed by atoms with Crippen LogP contribution in [0.1, 0.15) is 65.2 Å². The molecule has 0 aromatic carbocycles. The van der Waals surface area contributed by atoms with Crippen LogP contribution in [-0.2, 0) is 4.79 Å². The van der Waals surface area contributed by atoms with Crippen molar-refractivity contribution < 1.29 is 4.79 Å². The normalized spacial score (nSPS) is 31.9. The Morgan fingerprint density at radius 1 is 1.11 bits per heavy atom. The van der Waals surface area contributed by atoms with Crippen molar-refractivity contribution in [1.82, 2.24) is 5.32 Å². The van der Waals surface area contributed by atoms with E-state index in [0.29, 0.717) is 12.0 Å². The van der Waals surface area contributed by atoms with Crippen molar-refractivity contribution in [3.63, 3.8) is 0 Å². The van der Waals surface area contributed by atoms with Crippen LogP contribution in [0.4, 0.5) is 0 Å². The minimum atomic E-state index is 0.163. The molecule has 110 valence electrons. The quantitative estimate of drug-likeness (QED) is 0.822. The molecule has 2 fully saturated rings. The molecule has 4 atom stereocenters. The predicted molar refractivity (Wildman–Crippen MR) is 78.7 cm³/mol. The number of nitrogens with one attached hydrogen (secondary N) is 1. The van der Waals surface area contributed by atoms with Gasteiger partial charge >= 0.3 is 0 Å². The van der Waals surface area contributed by atoms with Gasteiger partial charge in [0.15, 0.2) is 0 Å². The van der Waals surface area contributed by atoms with Crippen LogP contribution in [-0.4, -0.2) is 18.0 Å². The molecule has 0 heterocycles. The van der Waals surface area contributed by atoms with E-state index in [1.54, 1.807) is 0 Å². The third-order valence-corrected chi connectivity index (χ3v) is 5.40. The smallest absolute Gasteiger partial charge is 0.223 e. The van der Waals surface area contributed by atoms with E-state index in [9.17, 15) is 4.79 Å². The van der Waals surface area contributed by atoms with Gasteiger partial charge in [-0.15, -0.1) is 0 Å². The molecular formula is C16H30N2O. The third-order valence-electron chi connectivity index (χ3n) is 5.40. The highest BCUT2D eigenvalue weighted by Crippen LogP contribution is 2.32. The Balaban J connectivity index is 1.79. The lowest BCUT2D eigenvalue weighted by atomic mass is 9.78. The molecule has 3 N–H and O–H groups in total. The molecule has 0 saturated heterocycles. The molecule has 19 heavy (non-hydrogen) atoms. The highest BCUT2D eigenvalue weighted by atomic mass is 16.1. The minimum Gasteiger partial charge on any atom is -0.353 e. The van der Waals surface area contributed by atoms with Gasteiger partial charge in [0, 0.05) is 18.0 Å². The molecular weight excluding hydrogens is 236 g/mol. The number of carbonyl (C=O) groups excluding carboxylic acids is 1. The fraction of sp³-hybridized carbons (Fsp3) is 0.938. The van der Waals surface area contributed by atoms with Crippen LogP contribution >= 0.6 is 0 Å². The molecule has 0 bridgehead atoms. The maximum atomic E-state index is 12.2. The Morgan fingerprint density at radius 2 is 1.79 bits per heavy atom. The van der Waals surface area contributed by atoms with Crippen molar-refractivity contribution in [2.24, 2.45) is 23.5 Å². The number of nitrogens with two attached hydrogens (primary N) is 1. The summed E-state index contributed by atoms with van der Waals surface area (Å²) in [7, 11) is 0. The number of carbonyl (C=O) groups is 1. The standard InChI is InChI=1S/C16H30N2O/c1-11(13-6-4-3-5-7-13)12(2)18-16(19)14-8-9-15(17)10-14/h11-15H,3-10,17H2,1-2H3,(H,18,19). The lowest BCUT2D eigenvalue weighted by Crippen LogP contribution is -2.42. The van der Waals surface area contributed by atoms with Gasteiger partial charge in [-0.25, -0.2) is 0 Å². The summed E-state index contributed by atoms with van der Waals surface area (Å²) in [5, 5.41) is 3.24. The number of hydrogen-bond acceptors (Lipinski definition) is 2. The lowest BCUT2D eigenvalue weighted by Gasteiger charge is -2.32. The first kappa shape index (κ1) is 14.8. The van der Waals surface area contributed by atoms with Gasteiger partial charge in [-0.05, 0) is 38.0 Å². The minimum absolute atomic E-state index is 0.163. The van der Waals surface area contributed by atoms with Crippen LogP contribution < -0.4 is 11.1 Å². The maximum absolute atomic E-state index is 12.2. The summed E-state index contributed by atoms with van der Waals surface area (Å²) in [5.74, 6) is 1.80. The SMILES string of the molecule is CC(NC(=O)C1CCC(N)C1)C(C)C1CCCCC1. The van der Waals surface area contributed by atoms with Crippen molar-refractivity contribution in [2.45, 2.75) is 77.3 Å². The van der Waals surface area contributed by atoms with Gasteiger partial charge in [-0.2, -0.15) is 0 Å². The zero-order valence-electron chi connectivity index (χ0n) is 12.5. The van der Waals surface area contributed by atoms with Crippen LogP contribution in [0.3, 0.4) is 0 Å². The Kier molecular flexibility index (Phi) is 5.26. The van der Waals surface area contributed by atoms with Crippen molar-refractivity contribution >= 4 is 5.91 Å². The Hall–Kier alpha value is -0.570. The number of amides is 1. The van der Waals surface area contributed by atoms with Gasteiger partial charge in [-0.1, -0.05) is 39.0 Å². The number of hydrogen-bond donors (Lipinski definition) is 2. The van der Waals surface area contributed by atoms with Gasteiger partial charge in [0.1, 0.15) is 0 Å². The average Bonchev–Trinajstić information content (AvgIpc) is 2.85. The fourth-order valence-electron chi connectivity index (χ4n) is 3.80. The van der Waals surface area contributed by atoms with Crippen LogP contribution in [0, 0.1) is 17.8 Å². The summed E-state index contributed by atoms with van der Waals surface area (Å²) >= 11 is 0. The second-order valence-electron chi connectivity index (χ2n) is 6.82. The molecule has 0 radical (unpaired) electrons. The first-order valence-electron chi connectivity index (χ1n) is 8.14. The van der Waals surface area contributed by atoms with Gasteiger partial charge in [0.25, 0.3) is 0 Å². The van der Waals surface area contributed by atoms with Gasteiger partial charge in [-0.3, -0.25) is 4.79 Å². The highest BCUT2D eigenvalue weighted by molar-refractivity contribution is 5.79. The molecule has 2 aliphatic rings. The lowest BCUT2D eigenvalue weighted by molar-refractivity contribution is -0.125. The number of rotatable bonds is 4. The summed E-state index contributed by atoms with van der Waals surface area (Å²) in [5.41, 5.74) is 5.89. The summed E-state index contributed by atoms with van der Waals surface area (Å²) in [4.78, 5) is 12.2. The molecule has 0 aromatic rings. The average molecular weight is 266 g/mol. The zero-order chi connectivity index (χ0) is 13.8. The van der Waals surface area contributed by atoms with Crippen molar-refractivity contribution in [3.8, 4) is 0 Å². The summed E-state index contributed by atoms with van der Waals surface area (Å²) in [6.45, 7) is 4.48. The molecule has 0 aliphatic heterocycles. The summed E-state index contributed by atoms with van der Waals surface area (Å²) < 4.78 is 0. The summed E-state index contributed by atoms with van der Waals surface area (Å²) in [6.07, 6.45) is 9.66. The molecule has 3 nitrogen and oxygen atoms in total. The van der Waals surface area contributed by atoms with Crippen LogP contribution in [0.15, 0.2) is 0 Å². The van der Waals surface area contributed by atoms with E-state index in [0.717, 1.165) is 25.2 Å². The van der Waals surface area contributed by atoms with Crippen molar-refractivity contribution in [1.29, 1.82) is 0 Å². The molecule has 1 amide bonds. The van der Waals surface area contributed by atoms with Crippen LogP contribution in [0.5, 0.6) is 0 Å². The zero-order valence-corrected chi connectivity index (χ0v) is 12.5. The summed E-state index contributed by atoms with van der Waals surface area (Å²) in [6, 6.07) is 0.536. The molecule has 2 rings (SSSR count).